The number of carbonyl (C=O) groups excluding carboxylic acids is 1. The highest BCUT2D eigenvalue weighted by Crippen LogP contribution is 2.13. The van der Waals surface area contributed by atoms with E-state index in [1.165, 1.54) is 0 Å². The van der Waals surface area contributed by atoms with Crippen molar-refractivity contribution in [2.45, 2.75) is 26.7 Å². The van der Waals surface area contributed by atoms with Gasteiger partial charge >= 0.3 is 0 Å². The van der Waals surface area contributed by atoms with Gasteiger partial charge in [0.05, 0.1) is 11.9 Å². The van der Waals surface area contributed by atoms with Crippen molar-refractivity contribution >= 4 is 28.3 Å². The quantitative estimate of drug-likeness (QED) is 0.761. The normalized spacial score (nSPS) is 11.5. The lowest BCUT2D eigenvalue weighted by atomic mass is 10.3. The van der Waals surface area contributed by atoms with E-state index in [0.29, 0.717) is 0 Å². The first-order valence-electron chi connectivity index (χ1n) is 6.63. The highest BCUT2D eigenvalue weighted by molar-refractivity contribution is 7.15. The predicted octanol–water partition coefficient (Wildman–Crippen LogP) is 3.06. The highest BCUT2D eigenvalue weighted by atomic mass is 32.1. The van der Waals surface area contributed by atoms with Gasteiger partial charge in [0, 0.05) is 30.7 Å². The van der Waals surface area contributed by atoms with Gasteiger partial charge in [-0.15, -0.1) is 11.3 Å². The summed E-state index contributed by atoms with van der Waals surface area (Å²) in [6, 6.07) is 0. The van der Waals surface area contributed by atoms with Crippen LogP contribution < -0.4 is 0 Å². The first-order valence-corrected chi connectivity index (χ1v) is 7.51. The minimum Gasteiger partial charge on any atom is -0.339 e. The number of aromatic nitrogens is 2. The molecule has 0 N–H and O–H groups in total. The molecule has 0 aliphatic heterocycles. The number of thiazole rings is 1. The first-order chi connectivity index (χ1) is 9.26. The molecule has 0 saturated carbocycles. The van der Waals surface area contributed by atoms with Crippen molar-refractivity contribution in [2.24, 2.45) is 0 Å². The number of hydrogen-bond donors (Lipinski definition) is 0. The Labute approximate surface area is 117 Å². The van der Waals surface area contributed by atoms with E-state index in [9.17, 15) is 4.79 Å². The minimum absolute atomic E-state index is 0.0777. The molecule has 0 unspecified atom stereocenters. The topological polar surface area (TPSA) is 37.6 Å². The molecule has 19 heavy (non-hydrogen) atoms. The monoisotopic (exact) mass is 277 g/mol. The Hall–Kier alpha value is -1.62. The molecule has 0 radical (unpaired) electrons. The van der Waals surface area contributed by atoms with Gasteiger partial charge in [0.1, 0.15) is 0 Å². The van der Waals surface area contributed by atoms with Crippen LogP contribution in [0, 0.1) is 0 Å². The summed E-state index contributed by atoms with van der Waals surface area (Å²) in [5, 5.41) is 1.99. The van der Waals surface area contributed by atoms with Crippen molar-refractivity contribution in [1.29, 1.82) is 0 Å². The first kappa shape index (κ1) is 13.8. The second kappa shape index (κ2) is 6.52. The summed E-state index contributed by atoms with van der Waals surface area (Å²) in [6.07, 6.45) is 9.22. The Kier molecular flexibility index (Phi) is 4.74. The Morgan fingerprint density at radius 1 is 1.42 bits per heavy atom. The molecule has 2 aromatic heterocycles. The van der Waals surface area contributed by atoms with Gasteiger partial charge in [0.2, 0.25) is 5.91 Å². The standard InChI is InChI=1S/C14H19N3OS/c1-3-7-16(8-4-2)13(18)6-5-12-11-15-14-17(12)9-10-19-14/h5-6,9-11H,3-4,7-8H2,1-2H3/b6-5+. The SMILES string of the molecule is CCCN(CCC)C(=O)/C=C/c1cnc2sccn12. The number of fused-ring (bicyclic) bond motifs is 1. The van der Waals surface area contributed by atoms with Crippen LogP contribution in [0.15, 0.2) is 23.8 Å². The van der Waals surface area contributed by atoms with Crippen LogP contribution in [-0.2, 0) is 4.79 Å². The molecule has 2 aromatic rings. The third kappa shape index (κ3) is 3.23. The van der Waals surface area contributed by atoms with E-state index in [1.54, 1.807) is 23.6 Å². The molecule has 4 nitrogen and oxygen atoms in total. The fraction of sp³-hybridized carbons (Fsp3) is 0.429. The molecule has 5 heteroatoms. The molecule has 0 fully saturated rings. The lowest BCUT2D eigenvalue weighted by Gasteiger charge is -2.19. The summed E-state index contributed by atoms with van der Waals surface area (Å²) >= 11 is 1.59. The Morgan fingerprint density at radius 2 is 2.16 bits per heavy atom. The summed E-state index contributed by atoms with van der Waals surface area (Å²) in [5.41, 5.74) is 0.942. The smallest absolute Gasteiger partial charge is 0.246 e. The number of amides is 1. The van der Waals surface area contributed by atoms with Crippen molar-refractivity contribution in [2.75, 3.05) is 13.1 Å². The van der Waals surface area contributed by atoms with Gasteiger partial charge in [-0.1, -0.05) is 13.8 Å². The van der Waals surface area contributed by atoms with Gasteiger partial charge in [-0.2, -0.15) is 0 Å². The van der Waals surface area contributed by atoms with Gasteiger partial charge in [0.15, 0.2) is 4.96 Å². The van der Waals surface area contributed by atoms with E-state index in [2.05, 4.69) is 18.8 Å². The molecule has 1 amide bonds. The highest BCUT2D eigenvalue weighted by Gasteiger charge is 2.08. The van der Waals surface area contributed by atoms with Crippen molar-refractivity contribution < 1.29 is 4.79 Å². The van der Waals surface area contributed by atoms with Crippen LogP contribution in [0.2, 0.25) is 0 Å². The van der Waals surface area contributed by atoms with E-state index in [4.69, 9.17) is 0 Å². The predicted molar refractivity (Wildman–Crippen MR) is 79.3 cm³/mol. The lowest BCUT2D eigenvalue weighted by Crippen LogP contribution is -2.30. The molecule has 0 saturated heterocycles. The fourth-order valence-corrected chi connectivity index (χ4v) is 2.70. The van der Waals surface area contributed by atoms with E-state index in [0.717, 1.165) is 36.6 Å². The molecule has 0 aliphatic carbocycles. The summed E-state index contributed by atoms with van der Waals surface area (Å²) < 4.78 is 1.98. The van der Waals surface area contributed by atoms with Gasteiger partial charge in [-0.3, -0.25) is 9.20 Å². The largest absolute Gasteiger partial charge is 0.339 e. The van der Waals surface area contributed by atoms with Crippen molar-refractivity contribution in [1.82, 2.24) is 14.3 Å². The summed E-state index contributed by atoms with van der Waals surface area (Å²) in [4.78, 5) is 19.2. The van der Waals surface area contributed by atoms with Gasteiger partial charge in [0.25, 0.3) is 0 Å². The van der Waals surface area contributed by atoms with Crippen LogP contribution in [0.1, 0.15) is 32.4 Å². The molecule has 2 rings (SSSR count). The second-order valence-corrected chi connectivity index (χ2v) is 5.27. The molecule has 0 atom stereocenters. The van der Waals surface area contributed by atoms with Crippen molar-refractivity contribution in [3.05, 3.63) is 29.5 Å². The Morgan fingerprint density at radius 3 is 2.84 bits per heavy atom. The Balaban J connectivity index is 2.08. The van der Waals surface area contributed by atoms with Gasteiger partial charge in [-0.05, 0) is 18.9 Å². The van der Waals surface area contributed by atoms with Gasteiger partial charge < -0.3 is 4.90 Å². The maximum atomic E-state index is 12.1. The van der Waals surface area contributed by atoms with Crippen LogP contribution in [0.3, 0.4) is 0 Å². The molecule has 102 valence electrons. The van der Waals surface area contributed by atoms with Crippen LogP contribution in [-0.4, -0.2) is 33.3 Å². The Bertz CT molecular complexity index is 564. The number of imidazole rings is 1. The molecule has 2 heterocycles. The van der Waals surface area contributed by atoms with Crippen LogP contribution >= 0.6 is 11.3 Å². The van der Waals surface area contributed by atoms with Crippen molar-refractivity contribution in [3.8, 4) is 0 Å². The molecular formula is C14H19N3OS. The van der Waals surface area contributed by atoms with Crippen molar-refractivity contribution in [3.63, 3.8) is 0 Å². The number of hydrogen-bond acceptors (Lipinski definition) is 3. The summed E-state index contributed by atoms with van der Waals surface area (Å²) in [5.74, 6) is 0.0777. The zero-order valence-corrected chi connectivity index (χ0v) is 12.2. The summed E-state index contributed by atoms with van der Waals surface area (Å²) in [7, 11) is 0. The second-order valence-electron chi connectivity index (χ2n) is 4.40. The number of rotatable bonds is 6. The minimum atomic E-state index is 0.0777. The van der Waals surface area contributed by atoms with E-state index >= 15 is 0 Å². The average Bonchev–Trinajstić information content (AvgIpc) is 2.99. The molecule has 0 aromatic carbocycles. The lowest BCUT2D eigenvalue weighted by molar-refractivity contribution is -0.126. The zero-order valence-electron chi connectivity index (χ0n) is 11.4. The zero-order chi connectivity index (χ0) is 13.7. The third-order valence-corrected chi connectivity index (χ3v) is 3.64. The van der Waals surface area contributed by atoms with Crippen LogP contribution in [0.25, 0.3) is 11.0 Å². The molecule has 0 aliphatic rings. The fourth-order valence-electron chi connectivity index (χ4n) is 2.00. The van der Waals surface area contributed by atoms with Gasteiger partial charge in [-0.25, -0.2) is 4.98 Å². The number of nitrogens with zero attached hydrogens (tertiary/aromatic N) is 3. The third-order valence-electron chi connectivity index (χ3n) is 2.87. The summed E-state index contributed by atoms with van der Waals surface area (Å²) in [6.45, 7) is 5.81. The molecule has 0 spiro atoms. The maximum Gasteiger partial charge on any atom is 0.246 e. The van der Waals surface area contributed by atoms with E-state index in [1.807, 2.05) is 27.0 Å². The molecule has 0 bridgehead atoms. The molecular weight excluding hydrogens is 258 g/mol. The van der Waals surface area contributed by atoms with E-state index in [-0.39, 0.29) is 5.91 Å². The van der Waals surface area contributed by atoms with E-state index < -0.39 is 0 Å². The number of carbonyl (C=O) groups is 1. The van der Waals surface area contributed by atoms with Crippen LogP contribution in [0.4, 0.5) is 0 Å². The maximum absolute atomic E-state index is 12.1. The van der Waals surface area contributed by atoms with Crippen LogP contribution in [0.5, 0.6) is 0 Å². The average molecular weight is 277 g/mol.